The van der Waals surface area contributed by atoms with Crippen molar-refractivity contribution in [2.24, 2.45) is 0 Å². The van der Waals surface area contributed by atoms with Crippen molar-refractivity contribution in [2.75, 3.05) is 4.90 Å². The van der Waals surface area contributed by atoms with Gasteiger partial charge in [-0.1, -0.05) is 30.4 Å². The van der Waals surface area contributed by atoms with E-state index in [0.29, 0.717) is 24.0 Å². The SMILES string of the molecule is O=CNC1=C(C=Cc2ccc(P(=O)(O)O)cc2)C2C=CC1(N(C=O)c1ccc(P(=O)(O)O)cc1)O2. The van der Waals surface area contributed by atoms with Crippen LogP contribution in [-0.2, 0) is 23.5 Å². The number of ether oxygens (including phenoxy) is 1. The third-order valence-electron chi connectivity index (χ3n) is 5.57. The van der Waals surface area contributed by atoms with Gasteiger partial charge in [0.25, 0.3) is 0 Å². The van der Waals surface area contributed by atoms with Gasteiger partial charge in [0, 0.05) is 11.3 Å². The lowest BCUT2D eigenvalue weighted by atomic mass is 9.96. The molecular formula is C22H20N2O9P2. The molecule has 0 spiro atoms. The van der Waals surface area contributed by atoms with Crippen molar-refractivity contribution in [3.63, 3.8) is 0 Å². The van der Waals surface area contributed by atoms with Crippen molar-refractivity contribution in [1.82, 2.24) is 5.32 Å². The van der Waals surface area contributed by atoms with Crippen LogP contribution in [0.4, 0.5) is 5.69 Å². The topological polar surface area (TPSA) is 174 Å². The summed E-state index contributed by atoms with van der Waals surface area (Å²) in [5, 5.41) is 2.26. The molecule has 4 rings (SSSR count). The zero-order valence-corrected chi connectivity index (χ0v) is 19.6. The molecule has 0 saturated heterocycles. The van der Waals surface area contributed by atoms with Gasteiger partial charge in [0.15, 0.2) is 0 Å². The molecule has 13 heteroatoms. The van der Waals surface area contributed by atoms with E-state index in [9.17, 15) is 38.3 Å². The molecule has 2 aliphatic rings. The van der Waals surface area contributed by atoms with Gasteiger partial charge in [0.2, 0.25) is 18.5 Å². The first-order valence-corrected chi connectivity index (χ1v) is 13.3. The predicted molar refractivity (Wildman–Crippen MR) is 127 cm³/mol. The molecule has 2 amide bonds. The molecule has 5 N–H and O–H groups in total. The molecule has 0 aliphatic carbocycles. The minimum absolute atomic E-state index is 0.117. The van der Waals surface area contributed by atoms with Gasteiger partial charge in [-0.15, -0.1) is 0 Å². The first kappa shape index (κ1) is 25.0. The van der Waals surface area contributed by atoms with Crippen LogP contribution in [0.1, 0.15) is 5.56 Å². The molecule has 0 aromatic heterocycles. The third kappa shape index (κ3) is 4.71. The quantitative estimate of drug-likeness (QED) is 0.181. The first-order valence-electron chi connectivity index (χ1n) is 10.1. The Bertz CT molecular complexity index is 1340. The maximum absolute atomic E-state index is 12.1. The molecule has 2 atom stereocenters. The fourth-order valence-corrected chi connectivity index (χ4v) is 5.01. The summed E-state index contributed by atoms with van der Waals surface area (Å²) >= 11 is 0. The van der Waals surface area contributed by atoms with Crippen LogP contribution in [0.15, 0.2) is 78.0 Å². The number of rotatable bonds is 9. The van der Waals surface area contributed by atoms with Crippen LogP contribution < -0.4 is 20.8 Å². The summed E-state index contributed by atoms with van der Waals surface area (Å²) in [5.41, 5.74) is 0.208. The molecule has 11 nitrogen and oxygen atoms in total. The van der Waals surface area contributed by atoms with Crippen molar-refractivity contribution in [3.05, 3.63) is 83.6 Å². The highest BCUT2D eigenvalue weighted by Gasteiger charge is 2.52. The molecule has 2 aromatic rings. The number of nitrogens with zero attached hydrogens (tertiary/aromatic N) is 1. The van der Waals surface area contributed by atoms with E-state index in [0.717, 1.165) is 0 Å². The number of hydrogen-bond acceptors (Lipinski definition) is 5. The lowest BCUT2D eigenvalue weighted by molar-refractivity contribution is -0.112. The van der Waals surface area contributed by atoms with Gasteiger partial charge in [0.05, 0.1) is 16.3 Å². The fraction of sp³-hybridized carbons (Fsp3) is 0.0909. The van der Waals surface area contributed by atoms with Crippen molar-refractivity contribution >= 4 is 50.4 Å². The van der Waals surface area contributed by atoms with E-state index in [2.05, 4.69) is 5.32 Å². The lowest BCUT2D eigenvalue weighted by Crippen LogP contribution is -2.50. The summed E-state index contributed by atoms with van der Waals surface area (Å²) in [6.45, 7) is 0. The Balaban J connectivity index is 1.70. The summed E-state index contributed by atoms with van der Waals surface area (Å²) < 4.78 is 28.9. The summed E-state index contributed by atoms with van der Waals surface area (Å²) in [6.07, 6.45) is 6.94. The second-order valence-corrected chi connectivity index (χ2v) is 10.9. The van der Waals surface area contributed by atoms with E-state index < -0.39 is 27.0 Å². The Labute approximate surface area is 199 Å². The third-order valence-corrected chi connectivity index (χ3v) is 7.51. The van der Waals surface area contributed by atoms with Crippen LogP contribution in [0.25, 0.3) is 6.08 Å². The Morgan fingerprint density at radius 3 is 1.97 bits per heavy atom. The summed E-state index contributed by atoms with van der Waals surface area (Å²) in [4.78, 5) is 61.9. The van der Waals surface area contributed by atoms with E-state index in [-0.39, 0.29) is 22.0 Å². The highest BCUT2D eigenvalue weighted by Crippen LogP contribution is 2.46. The Hall–Kier alpha value is -3.14. The molecule has 2 unspecified atom stereocenters. The molecule has 2 heterocycles. The van der Waals surface area contributed by atoms with E-state index in [1.807, 2.05) is 0 Å². The summed E-state index contributed by atoms with van der Waals surface area (Å²) in [5.74, 6) is 0. The number of carbonyl (C=O) groups is 2. The second-order valence-electron chi connectivity index (χ2n) is 7.69. The van der Waals surface area contributed by atoms with Gasteiger partial charge in [-0.2, -0.15) is 0 Å². The monoisotopic (exact) mass is 518 g/mol. The van der Waals surface area contributed by atoms with E-state index >= 15 is 0 Å². The van der Waals surface area contributed by atoms with Crippen molar-refractivity contribution in [1.29, 1.82) is 0 Å². The van der Waals surface area contributed by atoms with Crippen molar-refractivity contribution in [2.45, 2.75) is 11.8 Å². The minimum Gasteiger partial charge on any atom is -0.334 e. The standard InChI is InChI=1S/C22H20N2O9P2/c25-13-23-21-19(10-3-15-1-6-17(7-2-15)34(27,28)29)20-11-12-22(21,33-20)24(14-26)16-4-8-18(9-5-16)35(30,31)32/h1-14,20H,(H,23,25)(H2,27,28,29)(H2,30,31,32). The number of amides is 2. The smallest absolute Gasteiger partial charge is 0.334 e. The van der Waals surface area contributed by atoms with Crippen molar-refractivity contribution in [3.8, 4) is 0 Å². The molecular weight excluding hydrogens is 498 g/mol. The van der Waals surface area contributed by atoms with Crippen LogP contribution in [0.3, 0.4) is 0 Å². The largest absolute Gasteiger partial charge is 0.356 e. The zero-order chi connectivity index (χ0) is 25.4. The maximum atomic E-state index is 12.1. The fourth-order valence-electron chi connectivity index (χ4n) is 3.93. The lowest BCUT2D eigenvalue weighted by Gasteiger charge is -2.36. The molecule has 2 bridgehead atoms. The molecule has 2 aliphatic heterocycles. The van der Waals surface area contributed by atoms with E-state index in [1.165, 1.54) is 53.4 Å². The van der Waals surface area contributed by atoms with Crippen LogP contribution in [0.5, 0.6) is 0 Å². The van der Waals surface area contributed by atoms with Crippen molar-refractivity contribution < 1.29 is 43.0 Å². The number of fused-ring (bicyclic) bond motifs is 2. The maximum Gasteiger partial charge on any atom is 0.356 e. The van der Waals surface area contributed by atoms with Crippen LogP contribution in [0, 0.1) is 0 Å². The van der Waals surface area contributed by atoms with Gasteiger partial charge >= 0.3 is 15.2 Å². The van der Waals surface area contributed by atoms with Gasteiger partial charge in [0.1, 0.15) is 6.10 Å². The zero-order valence-electron chi connectivity index (χ0n) is 17.8. The summed E-state index contributed by atoms with van der Waals surface area (Å²) in [7, 11) is -8.84. The number of benzene rings is 2. The van der Waals surface area contributed by atoms with Gasteiger partial charge in [-0.25, -0.2) is 0 Å². The highest BCUT2D eigenvalue weighted by atomic mass is 31.2. The number of nitrogens with one attached hydrogen (secondary N) is 1. The first-order chi connectivity index (χ1) is 16.5. The highest BCUT2D eigenvalue weighted by molar-refractivity contribution is 7.60. The molecule has 2 aromatic carbocycles. The number of carbonyl (C=O) groups excluding carboxylic acids is 2. The van der Waals surface area contributed by atoms with Crippen LogP contribution >= 0.6 is 15.2 Å². The number of anilines is 1. The average molecular weight is 518 g/mol. The predicted octanol–water partition coefficient (Wildman–Crippen LogP) is 0.634. The van der Waals surface area contributed by atoms with Crippen LogP contribution in [0.2, 0.25) is 0 Å². The molecule has 0 saturated carbocycles. The van der Waals surface area contributed by atoms with Gasteiger partial charge in [-0.3, -0.25) is 23.6 Å². The molecule has 0 fully saturated rings. The Morgan fingerprint density at radius 1 is 0.886 bits per heavy atom. The molecule has 0 radical (unpaired) electrons. The normalized spacial score (nSPS) is 21.5. The second kappa shape index (κ2) is 9.14. The molecule has 35 heavy (non-hydrogen) atoms. The Kier molecular flexibility index (Phi) is 6.52. The molecule has 182 valence electrons. The van der Waals surface area contributed by atoms with E-state index in [4.69, 9.17) is 4.74 Å². The van der Waals surface area contributed by atoms with Gasteiger partial charge in [-0.05, 0) is 48.0 Å². The average Bonchev–Trinajstić information content (AvgIpc) is 3.35. The van der Waals surface area contributed by atoms with Gasteiger partial charge < -0.3 is 29.6 Å². The Morgan fingerprint density at radius 2 is 1.46 bits per heavy atom. The minimum atomic E-state index is -4.47. The number of hydrogen-bond donors (Lipinski definition) is 5. The summed E-state index contributed by atoms with van der Waals surface area (Å²) in [6, 6.07) is 10.8. The van der Waals surface area contributed by atoms with E-state index in [1.54, 1.807) is 24.3 Å². The van der Waals surface area contributed by atoms with Crippen LogP contribution in [-0.4, -0.2) is 44.2 Å².